The number of furan rings is 1. The SMILES string of the molecule is Cc1ccc(C(C)NC2CCCSC2C)o1. The van der Waals surface area contributed by atoms with Gasteiger partial charge >= 0.3 is 0 Å². The molecular formula is C13H21NOS. The van der Waals surface area contributed by atoms with E-state index in [2.05, 4.69) is 37.0 Å². The van der Waals surface area contributed by atoms with Gasteiger partial charge in [0.1, 0.15) is 11.5 Å². The summed E-state index contributed by atoms with van der Waals surface area (Å²) in [5.74, 6) is 3.36. The summed E-state index contributed by atoms with van der Waals surface area (Å²) in [4.78, 5) is 0. The number of aryl methyl sites for hydroxylation is 1. The molecule has 0 aliphatic carbocycles. The Morgan fingerprint density at radius 3 is 2.94 bits per heavy atom. The van der Waals surface area contributed by atoms with Crippen molar-refractivity contribution in [3.63, 3.8) is 0 Å². The van der Waals surface area contributed by atoms with Crippen LogP contribution in [0, 0.1) is 6.92 Å². The number of hydrogen-bond donors (Lipinski definition) is 1. The third kappa shape index (κ3) is 2.83. The zero-order valence-corrected chi connectivity index (χ0v) is 11.1. The van der Waals surface area contributed by atoms with Crippen LogP contribution in [0.1, 0.15) is 44.3 Å². The molecule has 2 nitrogen and oxygen atoms in total. The fourth-order valence-corrected chi connectivity index (χ4v) is 3.38. The molecule has 1 aromatic rings. The molecule has 1 aromatic heterocycles. The van der Waals surface area contributed by atoms with E-state index in [0.29, 0.717) is 17.3 Å². The molecule has 2 rings (SSSR count). The third-order valence-electron chi connectivity index (χ3n) is 3.26. The Kier molecular flexibility index (Phi) is 3.98. The molecule has 1 aliphatic heterocycles. The lowest BCUT2D eigenvalue weighted by molar-refractivity contribution is 0.362. The average Bonchev–Trinajstić information content (AvgIpc) is 2.68. The van der Waals surface area contributed by atoms with Gasteiger partial charge in [0.05, 0.1) is 6.04 Å². The molecule has 0 saturated carbocycles. The van der Waals surface area contributed by atoms with Gasteiger partial charge in [0.15, 0.2) is 0 Å². The van der Waals surface area contributed by atoms with E-state index in [4.69, 9.17) is 4.42 Å². The largest absolute Gasteiger partial charge is 0.465 e. The number of hydrogen-bond acceptors (Lipinski definition) is 3. The van der Waals surface area contributed by atoms with Crippen molar-refractivity contribution in [2.45, 2.75) is 50.9 Å². The van der Waals surface area contributed by atoms with E-state index < -0.39 is 0 Å². The van der Waals surface area contributed by atoms with Crippen molar-refractivity contribution in [3.8, 4) is 0 Å². The molecule has 0 spiro atoms. The van der Waals surface area contributed by atoms with Gasteiger partial charge in [-0.15, -0.1) is 0 Å². The van der Waals surface area contributed by atoms with Crippen LogP contribution in [0.25, 0.3) is 0 Å². The van der Waals surface area contributed by atoms with Gasteiger partial charge in [-0.2, -0.15) is 11.8 Å². The van der Waals surface area contributed by atoms with Gasteiger partial charge < -0.3 is 9.73 Å². The molecule has 3 atom stereocenters. The standard InChI is InChI=1S/C13H21NOS/c1-9-6-7-13(15-9)10(2)14-12-5-4-8-16-11(12)3/h6-7,10-12,14H,4-5,8H2,1-3H3. The van der Waals surface area contributed by atoms with Crippen molar-refractivity contribution in [2.24, 2.45) is 0 Å². The summed E-state index contributed by atoms with van der Waals surface area (Å²) in [6, 6.07) is 5.05. The summed E-state index contributed by atoms with van der Waals surface area (Å²) < 4.78 is 5.65. The van der Waals surface area contributed by atoms with E-state index in [1.54, 1.807) is 0 Å². The van der Waals surface area contributed by atoms with Gasteiger partial charge in [-0.25, -0.2) is 0 Å². The summed E-state index contributed by atoms with van der Waals surface area (Å²) in [7, 11) is 0. The predicted octanol–water partition coefficient (Wildman–Crippen LogP) is 3.52. The monoisotopic (exact) mass is 239 g/mol. The Bertz CT molecular complexity index is 336. The van der Waals surface area contributed by atoms with Crippen molar-refractivity contribution in [1.29, 1.82) is 0 Å². The van der Waals surface area contributed by atoms with Crippen molar-refractivity contribution in [2.75, 3.05) is 5.75 Å². The highest BCUT2D eigenvalue weighted by atomic mass is 32.2. The van der Waals surface area contributed by atoms with Crippen LogP contribution in [0.3, 0.4) is 0 Å². The van der Waals surface area contributed by atoms with Crippen molar-refractivity contribution in [3.05, 3.63) is 23.7 Å². The molecule has 1 saturated heterocycles. The highest BCUT2D eigenvalue weighted by Crippen LogP contribution is 2.27. The number of rotatable bonds is 3. The first-order chi connectivity index (χ1) is 7.66. The quantitative estimate of drug-likeness (QED) is 0.873. The molecule has 0 amide bonds. The normalized spacial score (nSPS) is 27.9. The second-order valence-corrected chi connectivity index (χ2v) is 6.15. The number of thioether (sulfide) groups is 1. The fraction of sp³-hybridized carbons (Fsp3) is 0.692. The Hall–Kier alpha value is -0.410. The van der Waals surface area contributed by atoms with Gasteiger partial charge in [0, 0.05) is 11.3 Å². The molecular weight excluding hydrogens is 218 g/mol. The molecule has 2 heterocycles. The van der Waals surface area contributed by atoms with Crippen LogP contribution in [0.4, 0.5) is 0 Å². The molecule has 3 heteroatoms. The highest BCUT2D eigenvalue weighted by Gasteiger charge is 2.24. The van der Waals surface area contributed by atoms with E-state index in [0.717, 1.165) is 11.5 Å². The van der Waals surface area contributed by atoms with Crippen LogP contribution >= 0.6 is 11.8 Å². The van der Waals surface area contributed by atoms with Gasteiger partial charge in [-0.05, 0) is 44.6 Å². The average molecular weight is 239 g/mol. The van der Waals surface area contributed by atoms with Crippen LogP contribution in [0.5, 0.6) is 0 Å². The van der Waals surface area contributed by atoms with Crippen molar-refractivity contribution < 1.29 is 4.42 Å². The van der Waals surface area contributed by atoms with Gasteiger partial charge in [-0.1, -0.05) is 6.92 Å². The highest BCUT2D eigenvalue weighted by molar-refractivity contribution is 7.99. The summed E-state index contributed by atoms with van der Waals surface area (Å²) >= 11 is 2.08. The van der Waals surface area contributed by atoms with E-state index in [-0.39, 0.29) is 0 Å². The van der Waals surface area contributed by atoms with Gasteiger partial charge in [0.2, 0.25) is 0 Å². The van der Waals surface area contributed by atoms with Crippen molar-refractivity contribution in [1.82, 2.24) is 5.32 Å². The lowest BCUT2D eigenvalue weighted by Gasteiger charge is -2.31. The van der Waals surface area contributed by atoms with Crippen LogP contribution < -0.4 is 5.32 Å². The van der Waals surface area contributed by atoms with E-state index >= 15 is 0 Å². The molecule has 1 N–H and O–H groups in total. The zero-order chi connectivity index (χ0) is 11.5. The first-order valence-electron chi connectivity index (χ1n) is 6.11. The Morgan fingerprint density at radius 1 is 1.50 bits per heavy atom. The maximum Gasteiger partial charge on any atom is 0.120 e. The van der Waals surface area contributed by atoms with E-state index in [9.17, 15) is 0 Å². The minimum Gasteiger partial charge on any atom is -0.465 e. The zero-order valence-electron chi connectivity index (χ0n) is 10.3. The minimum atomic E-state index is 0.319. The topological polar surface area (TPSA) is 25.2 Å². The summed E-state index contributed by atoms with van der Waals surface area (Å²) in [5.41, 5.74) is 0. The number of nitrogens with one attached hydrogen (secondary N) is 1. The van der Waals surface area contributed by atoms with Crippen LogP contribution in [-0.2, 0) is 0 Å². The molecule has 0 radical (unpaired) electrons. The molecule has 1 aliphatic rings. The van der Waals surface area contributed by atoms with E-state index in [1.807, 2.05) is 13.0 Å². The first kappa shape index (κ1) is 12.1. The molecule has 0 bridgehead atoms. The molecule has 1 fully saturated rings. The van der Waals surface area contributed by atoms with E-state index in [1.165, 1.54) is 18.6 Å². The second kappa shape index (κ2) is 5.28. The summed E-state index contributed by atoms with van der Waals surface area (Å²) in [5, 5.41) is 4.40. The minimum absolute atomic E-state index is 0.319. The second-order valence-electron chi connectivity index (χ2n) is 4.66. The van der Waals surface area contributed by atoms with Crippen LogP contribution in [-0.4, -0.2) is 17.0 Å². The molecule has 16 heavy (non-hydrogen) atoms. The predicted molar refractivity (Wildman–Crippen MR) is 69.9 cm³/mol. The molecule has 90 valence electrons. The van der Waals surface area contributed by atoms with Gasteiger partial charge in [-0.3, -0.25) is 0 Å². The lowest BCUT2D eigenvalue weighted by atomic mass is 10.1. The Morgan fingerprint density at radius 2 is 2.31 bits per heavy atom. The Balaban J connectivity index is 1.93. The van der Waals surface area contributed by atoms with Crippen molar-refractivity contribution >= 4 is 11.8 Å². The van der Waals surface area contributed by atoms with Crippen LogP contribution in [0.15, 0.2) is 16.5 Å². The summed E-state index contributed by atoms with van der Waals surface area (Å²) in [6.45, 7) is 6.50. The van der Waals surface area contributed by atoms with Crippen LogP contribution in [0.2, 0.25) is 0 Å². The third-order valence-corrected chi connectivity index (χ3v) is 4.64. The molecule has 3 unspecified atom stereocenters. The molecule has 0 aromatic carbocycles. The fourth-order valence-electron chi connectivity index (χ4n) is 2.23. The summed E-state index contributed by atoms with van der Waals surface area (Å²) in [6.07, 6.45) is 2.62. The first-order valence-corrected chi connectivity index (χ1v) is 7.15. The maximum absolute atomic E-state index is 5.65. The maximum atomic E-state index is 5.65. The smallest absolute Gasteiger partial charge is 0.120 e. The lowest BCUT2D eigenvalue weighted by Crippen LogP contribution is -2.40. The van der Waals surface area contributed by atoms with Gasteiger partial charge in [0.25, 0.3) is 0 Å². The Labute approximate surface area is 102 Å².